The van der Waals surface area contributed by atoms with Gasteiger partial charge in [-0.2, -0.15) is 0 Å². The maximum absolute atomic E-state index is 13.0. The van der Waals surface area contributed by atoms with Crippen molar-refractivity contribution in [3.63, 3.8) is 0 Å². The van der Waals surface area contributed by atoms with E-state index in [2.05, 4.69) is 0 Å². The quantitative estimate of drug-likeness (QED) is 0.159. The number of nitrogens with zero attached hydrogens (tertiary/aromatic N) is 2. The second kappa shape index (κ2) is 16.8. The first-order chi connectivity index (χ1) is 25.5. The molecule has 2 atom stereocenters. The van der Waals surface area contributed by atoms with E-state index in [4.69, 9.17) is 28.4 Å². The van der Waals surface area contributed by atoms with Crippen molar-refractivity contribution in [1.82, 2.24) is 9.80 Å². The lowest BCUT2D eigenvalue weighted by Crippen LogP contribution is -2.54. The van der Waals surface area contributed by atoms with E-state index in [1.807, 2.05) is 18.2 Å². The van der Waals surface area contributed by atoms with Crippen molar-refractivity contribution < 1.29 is 57.2 Å². The lowest BCUT2D eigenvalue weighted by molar-refractivity contribution is -0.155. The van der Waals surface area contributed by atoms with Crippen LogP contribution in [0, 0.1) is 0 Å². The Hall–Kier alpha value is -5.34. The van der Waals surface area contributed by atoms with E-state index in [0.717, 1.165) is 21.9 Å². The van der Waals surface area contributed by atoms with Crippen LogP contribution in [-0.2, 0) is 38.0 Å². The molecule has 0 radical (unpaired) electrons. The van der Waals surface area contributed by atoms with E-state index in [1.165, 1.54) is 9.80 Å². The number of carbonyl (C=O) groups is 6. The van der Waals surface area contributed by atoms with Gasteiger partial charge < -0.3 is 28.4 Å². The number of hydrogen-bond acceptors (Lipinski definition) is 12. The number of benzene rings is 3. The van der Waals surface area contributed by atoms with Crippen molar-refractivity contribution in [2.75, 3.05) is 52.7 Å². The highest BCUT2D eigenvalue weighted by atomic mass is 16.6. The van der Waals surface area contributed by atoms with Crippen molar-refractivity contribution >= 4 is 46.5 Å². The van der Waals surface area contributed by atoms with Crippen LogP contribution in [0.4, 0.5) is 9.59 Å². The van der Waals surface area contributed by atoms with Crippen LogP contribution in [0.15, 0.2) is 60.7 Å². The number of fused-ring (bicyclic) bond motifs is 1. The molecule has 2 saturated heterocycles. The van der Waals surface area contributed by atoms with E-state index >= 15 is 0 Å². The lowest BCUT2D eigenvalue weighted by Gasteiger charge is -2.35. The molecule has 2 aliphatic heterocycles. The first-order valence-electron chi connectivity index (χ1n) is 17.7. The summed E-state index contributed by atoms with van der Waals surface area (Å²) in [6.07, 6.45) is -1.31. The number of Topliss-reactive ketones (excluding diaryl/α,β-unsaturated/α-hetero) is 2. The number of ketones is 2. The van der Waals surface area contributed by atoms with Crippen LogP contribution in [0.5, 0.6) is 0 Å². The summed E-state index contributed by atoms with van der Waals surface area (Å²) in [4.78, 5) is 79.4. The molecule has 5 rings (SSSR count). The van der Waals surface area contributed by atoms with Gasteiger partial charge in [0.2, 0.25) is 0 Å². The molecule has 14 nitrogen and oxygen atoms in total. The Morgan fingerprint density at radius 3 is 1.52 bits per heavy atom. The molecule has 3 aromatic rings. The molecule has 14 heteroatoms. The Kier molecular flexibility index (Phi) is 12.4. The molecule has 0 aromatic heterocycles. The Labute approximate surface area is 313 Å². The smallest absolute Gasteiger partial charge is 0.411 e. The SMILES string of the molecule is CC(C)(C)OC(=O)N1CCOC[C@H]1C(=O)OCC(=O)c1ccc(-c2ccc3cc(C(=O)COC(=O)[C@@H]4COCCN4C(=O)OC(C)(C)C)ccc3c2)cc1. The summed E-state index contributed by atoms with van der Waals surface area (Å²) in [6.45, 7) is 10.1. The van der Waals surface area contributed by atoms with Gasteiger partial charge in [0.1, 0.15) is 11.2 Å². The van der Waals surface area contributed by atoms with Crippen molar-refractivity contribution in [1.29, 1.82) is 0 Å². The maximum Gasteiger partial charge on any atom is 0.411 e. The van der Waals surface area contributed by atoms with Gasteiger partial charge in [-0.3, -0.25) is 19.4 Å². The van der Waals surface area contributed by atoms with Crippen molar-refractivity contribution in [2.24, 2.45) is 0 Å². The van der Waals surface area contributed by atoms with Gasteiger partial charge in [-0.1, -0.05) is 48.5 Å². The van der Waals surface area contributed by atoms with Crippen LogP contribution in [0.2, 0.25) is 0 Å². The minimum absolute atomic E-state index is 0.0615. The average molecular weight is 747 g/mol. The van der Waals surface area contributed by atoms with Gasteiger partial charge >= 0.3 is 24.1 Å². The van der Waals surface area contributed by atoms with Crippen LogP contribution in [0.3, 0.4) is 0 Å². The molecule has 0 saturated carbocycles. The largest absolute Gasteiger partial charge is 0.456 e. The first kappa shape index (κ1) is 39.9. The third-order valence-electron chi connectivity index (χ3n) is 8.45. The molecule has 0 bridgehead atoms. The Morgan fingerprint density at radius 1 is 0.593 bits per heavy atom. The van der Waals surface area contributed by atoms with Crippen LogP contribution in [0.1, 0.15) is 62.3 Å². The minimum Gasteiger partial charge on any atom is -0.456 e. The number of ether oxygens (including phenoxy) is 6. The van der Waals surface area contributed by atoms with E-state index < -0.39 is 72.2 Å². The second-order valence-corrected chi connectivity index (χ2v) is 14.9. The van der Waals surface area contributed by atoms with Gasteiger partial charge in [0, 0.05) is 24.2 Å². The molecule has 54 heavy (non-hydrogen) atoms. The zero-order valence-electron chi connectivity index (χ0n) is 31.4. The van der Waals surface area contributed by atoms with Crippen LogP contribution in [0.25, 0.3) is 21.9 Å². The maximum atomic E-state index is 13.0. The summed E-state index contributed by atoms with van der Waals surface area (Å²) in [5.74, 6) is -2.33. The van der Waals surface area contributed by atoms with Gasteiger partial charge in [-0.25, -0.2) is 19.2 Å². The highest BCUT2D eigenvalue weighted by Gasteiger charge is 2.38. The normalized spacial score (nSPS) is 17.7. The monoisotopic (exact) mass is 746 g/mol. The Morgan fingerprint density at radius 2 is 1.02 bits per heavy atom. The van der Waals surface area contributed by atoms with E-state index in [9.17, 15) is 28.8 Å². The summed E-state index contributed by atoms with van der Waals surface area (Å²) >= 11 is 0. The number of hydrogen-bond donors (Lipinski definition) is 0. The molecule has 0 N–H and O–H groups in total. The Balaban J connectivity index is 1.15. The molecule has 0 aliphatic carbocycles. The summed E-state index contributed by atoms with van der Waals surface area (Å²) in [7, 11) is 0. The number of morpholine rings is 2. The van der Waals surface area contributed by atoms with E-state index in [1.54, 1.807) is 84.0 Å². The summed E-state index contributed by atoms with van der Waals surface area (Å²) in [5.41, 5.74) is 0.898. The van der Waals surface area contributed by atoms with Crippen molar-refractivity contribution in [3.8, 4) is 11.1 Å². The lowest BCUT2D eigenvalue weighted by atomic mass is 9.98. The van der Waals surface area contributed by atoms with Gasteiger partial charge in [-0.15, -0.1) is 0 Å². The molecular weight excluding hydrogens is 700 g/mol. The van der Waals surface area contributed by atoms with Gasteiger partial charge in [0.15, 0.2) is 36.9 Å². The second-order valence-electron chi connectivity index (χ2n) is 14.9. The third kappa shape index (κ3) is 10.4. The number of carbonyl (C=O) groups excluding carboxylic acids is 6. The summed E-state index contributed by atoms with van der Waals surface area (Å²) in [5, 5.41) is 1.64. The summed E-state index contributed by atoms with van der Waals surface area (Å²) < 4.78 is 32.2. The van der Waals surface area contributed by atoms with Crippen LogP contribution in [-0.4, -0.2) is 122 Å². The van der Waals surface area contributed by atoms with Crippen LogP contribution < -0.4 is 0 Å². The molecule has 288 valence electrons. The highest BCUT2D eigenvalue weighted by Crippen LogP contribution is 2.26. The number of rotatable bonds is 9. The molecule has 0 spiro atoms. The van der Waals surface area contributed by atoms with Crippen molar-refractivity contribution in [3.05, 3.63) is 71.8 Å². The molecule has 2 heterocycles. The predicted octanol–water partition coefficient (Wildman–Crippen LogP) is 5.23. The molecule has 3 aromatic carbocycles. The highest BCUT2D eigenvalue weighted by molar-refractivity contribution is 6.02. The zero-order chi connectivity index (χ0) is 39.2. The zero-order valence-corrected chi connectivity index (χ0v) is 31.4. The van der Waals surface area contributed by atoms with E-state index in [0.29, 0.717) is 11.1 Å². The molecule has 0 unspecified atom stereocenters. The third-order valence-corrected chi connectivity index (χ3v) is 8.45. The van der Waals surface area contributed by atoms with Gasteiger partial charge in [-0.05, 0) is 75.6 Å². The Bertz CT molecular complexity index is 1890. The number of amides is 2. The molecule has 2 amide bonds. The van der Waals surface area contributed by atoms with Crippen LogP contribution >= 0.6 is 0 Å². The van der Waals surface area contributed by atoms with Crippen molar-refractivity contribution in [2.45, 2.75) is 64.8 Å². The van der Waals surface area contributed by atoms with Gasteiger partial charge in [0.25, 0.3) is 0 Å². The first-order valence-corrected chi connectivity index (χ1v) is 17.7. The van der Waals surface area contributed by atoms with E-state index in [-0.39, 0.29) is 39.5 Å². The fourth-order valence-corrected chi connectivity index (χ4v) is 5.76. The average Bonchev–Trinajstić information content (AvgIpc) is 3.14. The molecule has 2 fully saturated rings. The fourth-order valence-electron chi connectivity index (χ4n) is 5.76. The minimum atomic E-state index is -1.03. The number of esters is 2. The standard InChI is InChI=1S/C40H46N2O12/c1-39(2,3)53-37(47)41-15-17-49-21-31(41)35(45)51-23-33(43)26-9-7-25(8-10-26)27-11-12-29-20-30(14-13-28(29)19-27)34(44)24-52-36(46)32-22-50-18-16-42(32)38(48)54-40(4,5)6/h7-14,19-20,31-32H,15-18,21-24H2,1-6H3/t31-,32-/m0/s1. The van der Waals surface area contributed by atoms with Gasteiger partial charge in [0.05, 0.1) is 26.4 Å². The fraction of sp³-hybridized carbons (Fsp3) is 0.450. The topological polar surface area (TPSA) is 164 Å². The predicted molar refractivity (Wildman–Crippen MR) is 195 cm³/mol. The molecule has 2 aliphatic rings. The summed E-state index contributed by atoms with van der Waals surface area (Å²) in [6, 6.07) is 15.6. The molecular formula is C40H46N2O12.